The van der Waals surface area contributed by atoms with Crippen LogP contribution in [0.2, 0.25) is 0 Å². The Balaban J connectivity index is 1.40. The van der Waals surface area contributed by atoms with Gasteiger partial charge in [-0.05, 0) is 37.4 Å². The molecule has 0 atom stereocenters. The van der Waals surface area contributed by atoms with Crippen molar-refractivity contribution in [1.29, 1.82) is 0 Å². The zero-order chi connectivity index (χ0) is 23.7. The van der Waals surface area contributed by atoms with Gasteiger partial charge in [-0.1, -0.05) is 6.07 Å². The Labute approximate surface area is 194 Å². The first-order chi connectivity index (χ1) is 16.5. The molecule has 4 aromatic rings. The van der Waals surface area contributed by atoms with Crippen molar-refractivity contribution in [2.75, 3.05) is 43.4 Å². The molecule has 10 nitrogen and oxygen atoms in total. The Hall–Kier alpha value is -4.25. The third-order valence-corrected chi connectivity index (χ3v) is 5.67. The first-order valence-corrected chi connectivity index (χ1v) is 10.7. The highest BCUT2D eigenvalue weighted by Gasteiger charge is 2.18. The zero-order valence-electron chi connectivity index (χ0n) is 18.4. The summed E-state index contributed by atoms with van der Waals surface area (Å²) >= 11 is 0. The number of anilines is 3. The lowest BCUT2D eigenvalue weighted by Gasteiger charge is -2.34. The second kappa shape index (κ2) is 8.94. The number of nitro groups is 1. The van der Waals surface area contributed by atoms with Gasteiger partial charge in [0.05, 0.1) is 22.1 Å². The number of piperazine rings is 1. The fourth-order valence-electron chi connectivity index (χ4n) is 3.84. The summed E-state index contributed by atoms with van der Waals surface area (Å²) in [6, 6.07) is 12.5. The number of non-ortho nitro benzene ring substituents is 1. The third kappa shape index (κ3) is 4.46. The molecule has 1 aliphatic rings. The van der Waals surface area contributed by atoms with E-state index in [0.29, 0.717) is 22.4 Å². The van der Waals surface area contributed by atoms with Crippen LogP contribution in [0, 0.1) is 15.9 Å². The van der Waals surface area contributed by atoms with Crippen LogP contribution in [-0.4, -0.2) is 58.0 Å². The first kappa shape index (κ1) is 21.6. The molecule has 11 heteroatoms. The van der Waals surface area contributed by atoms with E-state index in [1.807, 2.05) is 4.90 Å². The van der Waals surface area contributed by atoms with E-state index in [1.165, 1.54) is 24.3 Å². The van der Waals surface area contributed by atoms with Crippen LogP contribution >= 0.6 is 0 Å². The van der Waals surface area contributed by atoms with Crippen molar-refractivity contribution in [3.05, 3.63) is 70.7 Å². The van der Waals surface area contributed by atoms with E-state index in [0.717, 1.165) is 26.2 Å². The minimum atomic E-state index is -0.494. The predicted molar refractivity (Wildman–Crippen MR) is 126 cm³/mol. The van der Waals surface area contributed by atoms with Gasteiger partial charge < -0.3 is 24.8 Å². The first-order valence-electron chi connectivity index (χ1n) is 10.7. The summed E-state index contributed by atoms with van der Waals surface area (Å²) < 4.78 is 20.7. The summed E-state index contributed by atoms with van der Waals surface area (Å²) in [5, 5.41) is 14.7. The molecule has 0 amide bonds. The molecule has 2 aromatic carbocycles. The molecule has 34 heavy (non-hydrogen) atoms. The summed E-state index contributed by atoms with van der Waals surface area (Å²) in [7, 11) is 2.05. The van der Waals surface area contributed by atoms with Gasteiger partial charge in [0, 0.05) is 44.1 Å². The maximum atomic E-state index is 14.9. The van der Waals surface area contributed by atoms with E-state index in [9.17, 15) is 14.5 Å². The molecule has 174 valence electrons. The van der Waals surface area contributed by atoms with Crippen LogP contribution in [-0.2, 0) is 0 Å². The Morgan fingerprint density at radius 3 is 2.71 bits per heavy atom. The Morgan fingerprint density at radius 1 is 1.12 bits per heavy atom. The van der Waals surface area contributed by atoms with Gasteiger partial charge in [-0.15, -0.1) is 0 Å². The Bertz CT molecular complexity index is 1350. The van der Waals surface area contributed by atoms with Crippen LogP contribution in [0.3, 0.4) is 0 Å². The molecule has 0 saturated carbocycles. The van der Waals surface area contributed by atoms with Crippen molar-refractivity contribution in [1.82, 2.24) is 19.9 Å². The zero-order valence-corrected chi connectivity index (χ0v) is 18.4. The average molecular weight is 463 g/mol. The van der Waals surface area contributed by atoms with Crippen molar-refractivity contribution >= 4 is 34.0 Å². The smallest absolute Gasteiger partial charge is 0.273 e. The number of nitrogens with one attached hydrogen (secondary N) is 2. The van der Waals surface area contributed by atoms with E-state index >= 15 is 0 Å². The number of hydrogen-bond acceptors (Lipinski definition) is 8. The van der Waals surface area contributed by atoms with E-state index in [4.69, 9.17) is 4.74 Å². The van der Waals surface area contributed by atoms with Crippen molar-refractivity contribution < 1.29 is 14.1 Å². The molecule has 2 N–H and O–H groups in total. The van der Waals surface area contributed by atoms with Gasteiger partial charge in [-0.3, -0.25) is 10.1 Å². The summed E-state index contributed by atoms with van der Waals surface area (Å²) in [5.41, 5.74) is 1.47. The van der Waals surface area contributed by atoms with Gasteiger partial charge in [0.15, 0.2) is 0 Å². The number of aromatic amines is 1. The van der Waals surface area contributed by atoms with Crippen molar-refractivity contribution in [2.24, 2.45) is 0 Å². The molecule has 0 bridgehead atoms. The largest absolute Gasteiger partial charge is 0.438 e. The topological polar surface area (TPSA) is 112 Å². The number of aromatic nitrogens is 3. The molecule has 2 aromatic heterocycles. The molecular weight excluding hydrogens is 441 g/mol. The van der Waals surface area contributed by atoms with E-state index in [2.05, 4.69) is 32.2 Å². The van der Waals surface area contributed by atoms with Gasteiger partial charge in [0.25, 0.3) is 5.69 Å². The molecule has 1 fully saturated rings. The highest BCUT2D eigenvalue weighted by molar-refractivity contribution is 5.82. The summed E-state index contributed by atoms with van der Waals surface area (Å²) in [5.74, 6) is 0.346. The van der Waals surface area contributed by atoms with Crippen LogP contribution in [0.1, 0.15) is 0 Å². The van der Waals surface area contributed by atoms with Crippen LogP contribution in [0.25, 0.3) is 11.0 Å². The molecular formula is C23H22FN7O3. The number of nitrogens with zero attached hydrogens (tertiary/aromatic N) is 5. The van der Waals surface area contributed by atoms with Gasteiger partial charge >= 0.3 is 0 Å². The fourth-order valence-corrected chi connectivity index (χ4v) is 3.84. The number of fused-ring (bicyclic) bond motifs is 1. The second-order valence-electron chi connectivity index (χ2n) is 8.03. The van der Waals surface area contributed by atoms with Gasteiger partial charge in [0.2, 0.25) is 11.8 Å². The lowest BCUT2D eigenvalue weighted by atomic mass is 10.2. The quantitative estimate of drug-likeness (QED) is 0.322. The normalized spacial score (nSPS) is 14.4. The number of nitro benzene ring substituents is 1. The number of likely N-dealkylation sites (N-methyl/N-ethyl adjacent to an activating group) is 1. The van der Waals surface area contributed by atoms with E-state index < -0.39 is 4.92 Å². The average Bonchev–Trinajstić information content (AvgIpc) is 3.29. The monoisotopic (exact) mass is 463 g/mol. The highest BCUT2D eigenvalue weighted by Crippen LogP contribution is 2.31. The number of halogens is 1. The summed E-state index contributed by atoms with van der Waals surface area (Å²) in [4.78, 5) is 26.7. The minimum absolute atomic E-state index is 0.0915. The van der Waals surface area contributed by atoms with Crippen LogP contribution in [0.15, 0.2) is 54.7 Å². The van der Waals surface area contributed by atoms with Crippen molar-refractivity contribution in [3.63, 3.8) is 0 Å². The van der Waals surface area contributed by atoms with Crippen LogP contribution in [0.5, 0.6) is 11.6 Å². The summed E-state index contributed by atoms with van der Waals surface area (Å²) in [6.07, 6.45) is 1.69. The van der Waals surface area contributed by atoms with E-state index in [1.54, 1.807) is 30.5 Å². The number of benzene rings is 2. The molecule has 1 saturated heterocycles. The molecule has 0 unspecified atom stereocenters. The Morgan fingerprint density at radius 2 is 1.94 bits per heavy atom. The second-order valence-corrected chi connectivity index (χ2v) is 8.03. The highest BCUT2D eigenvalue weighted by atomic mass is 19.1. The summed E-state index contributed by atoms with van der Waals surface area (Å²) in [6.45, 7) is 3.31. The maximum absolute atomic E-state index is 14.9. The maximum Gasteiger partial charge on any atom is 0.273 e. The fraction of sp³-hybridized carbons (Fsp3) is 0.217. The Kier molecular flexibility index (Phi) is 5.68. The SMILES string of the molecule is CN1CCN(c2ccc(Nc3nc(Oc4cccc([N+](=O)[O-])c4)c4cc[nH]c4n3)cc2F)CC1. The molecule has 3 heterocycles. The molecule has 5 rings (SSSR count). The van der Waals surface area contributed by atoms with Crippen molar-refractivity contribution in [3.8, 4) is 11.6 Å². The standard InChI is InChI=1S/C23H22FN7O3/c1-29-9-11-30(12-10-29)20-6-5-15(13-19(20)24)26-23-27-21-18(7-8-25-21)22(28-23)34-17-4-2-3-16(14-17)31(32)33/h2-8,13-14H,9-12H2,1H3,(H2,25,26,27,28). The van der Waals surface area contributed by atoms with Gasteiger partial charge in [-0.2, -0.15) is 9.97 Å². The van der Waals surface area contributed by atoms with Gasteiger partial charge in [0.1, 0.15) is 17.2 Å². The number of rotatable bonds is 6. The molecule has 0 aliphatic carbocycles. The number of H-pyrrole nitrogens is 1. The van der Waals surface area contributed by atoms with Crippen LogP contribution < -0.4 is 15.0 Å². The molecule has 1 aliphatic heterocycles. The lowest BCUT2D eigenvalue weighted by molar-refractivity contribution is -0.384. The van der Waals surface area contributed by atoms with Crippen LogP contribution in [0.4, 0.5) is 27.4 Å². The van der Waals surface area contributed by atoms with Crippen molar-refractivity contribution in [2.45, 2.75) is 0 Å². The minimum Gasteiger partial charge on any atom is -0.438 e. The predicted octanol–water partition coefficient (Wildman–Crippen LogP) is 4.29. The number of hydrogen-bond donors (Lipinski definition) is 2. The third-order valence-electron chi connectivity index (χ3n) is 5.67. The lowest BCUT2D eigenvalue weighted by Crippen LogP contribution is -2.44. The molecule has 0 radical (unpaired) electrons. The van der Waals surface area contributed by atoms with E-state index in [-0.39, 0.29) is 29.1 Å². The molecule has 0 spiro atoms. The number of ether oxygens (including phenoxy) is 1. The van der Waals surface area contributed by atoms with Gasteiger partial charge in [-0.25, -0.2) is 4.39 Å².